The number of hydrogen-bond acceptors (Lipinski definition) is 5. The molecule has 0 saturated carbocycles. The van der Waals surface area contributed by atoms with Crippen molar-refractivity contribution in [3.63, 3.8) is 0 Å². The second-order valence-electron chi connectivity index (χ2n) is 3.54. The third-order valence-corrected chi connectivity index (χ3v) is 2.24. The van der Waals surface area contributed by atoms with Crippen LogP contribution in [0.25, 0.3) is 12.2 Å². The topological polar surface area (TPSA) is 106 Å². The monoisotopic (exact) mass is 260 g/mol. The molecule has 0 amide bonds. The van der Waals surface area contributed by atoms with Crippen LogP contribution in [0.2, 0.25) is 0 Å². The van der Waals surface area contributed by atoms with E-state index in [0.717, 1.165) is 0 Å². The minimum absolute atomic E-state index is 0.111. The van der Waals surface area contributed by atoms with Crippen LogP contribution in [0.5, 0.6) is 0 Å². The molecule has 0 radical (unpaired) electrons. The van der Waals surface area contributed by atoms with Crippen LogP contribution in [0.15, 0.2) is 34.9 Å². The van der Waals surface area contributed by atoms with Crippen LogP contribution in [-0.4, -0.2) is 21.0 Å². The Labute approximate surface area is 107 Å². The smallest absolute Gasteiger partial charge is 0.433 e. The van der Waals surface area contributed by atoms with Gasteiger partial charge in [0, 0.05) is 6.20 Å². The normalized spacial score (nSPS) is 10.7. The molecule has 0 spiro atoms. The minimum atomic E-state index is -1.05. The van der Waals surface area contributed by atoms with Gasteiger partial charge in [0.15, 0.2) is 0 Å². The van der Waals surface area contributed by atoms with Gasteiger partial charge in [-0.25, -0.2) is 4.79 Å². The van der Waals surface area contributed by atoms with Crippen LogP contribution in [0.4, 0.5) is 5.88 Å². The molecule has 2 heterocycles. The molecule has 0 bridgehead atoms. The number of nitrogens with zero attached hydrogens (tertiary/aromatic N) is 2. The van der Waals surface area contributed by atoms with E-state index >= 15 is 0 Å². The number of carboxylic acid groups (broad SMARTS) is 1. The van der Waals surface area contributed by atoms with Crippen LogP contribution >= 0.6 is 0 Å². The lowest BCUT2D eigenvalue weighted by atomic mass is 10.2. The first-order valence-electron chi connectivity index (χ1n) is 5.18. The molecule has 1 N–H and O–H groups in total. The lowest BCUT2D eigenvalue weighted by Crippen LogP contribution is -1.96. The number of rotatable bonds is 4. The molecular formula is C12H8N2O5. The van der Waals surface area contributed by atoms with Crippen LogP contribution in [0.1, 0.15) is 21.8 Å². The van der Waals surface area contributed by atoms with Crippen LogP contribution in [0.3, 0.4) is 0 Å². The Morgan fingerprint density at radius 3 is 2.79 bits per heavy atom. The predicted molar refractivity (Wildman–Crippen MR) is 65.5 cm³/mol. The highest BCUT2D eigenvalue weighted by Gasteiger charge is 2.09. The van der Waals surface area contributed by atoms with E-state index in [-0.39, 0.29) is 17.2 Å². The predicted octanol–water partition coefficient (Wildman–Crippen LogP) is 2.45. The van der Waals surface area contributed by atoms with Crippen molar-refractivity contribution in [1.82, 2.24) is 4.98 Å². The number of carbonyl (C=O) groups is 1. The fraction of sp³-hybridized carbons (Fsp3) is 0. The Bertz CT molecular complexity index is 660. The molecule has 7 heteroatoms. The van der Waals surface area contributed by atoms with Gasteiger partial charge in [-0.05, 0) is 30.4 Å². The third kappa shape index (κ3) is 3.03. The van der Waals surface area contributed by atoms with Crippen LogP contribution in [0, 0.1) is 10.1 Å². The number of aromatic nitrogens is 1. The molecule has 2 rings (SSSR count). The number of furan rings is 1. The van der Waals surface area contributed by atoms with E-state index in [9.17, 15) is 14.9 Å². The lowest BCUT2D eigenvalue weighted by Gasteiger charge is -1.95. The molecule has 0 aliphatic carbocycles. The summed E-state index contributed by atoms with van der Waals surface area (Å²) in [6.07, 6.45) is 4.35. The second-order valence-corrected chi connectivity index (χ2v) is 3.54. The molecule has 0 unspecified atom stereocenters. The van der Waals surface area contributed by atoms with E-state index < -0.39 is 10.9 Å². The first kappa shape index (κ1) is 12.5. The molecule has 0 aliphatic rings. The van der Waals surface area contributed by atoms with Gasteiger partial charge < -0.3 is 9.52 Å². The first-order chi connectivity index (χ1) is 9.06. The Balaban J connectivity index is 2.19. The maximum Gasteiger partial charge on any atom is 0.433 e. The van der Waals surface area contributed by atoms with Crippen molar-refractivity contribution in [1.29, 1.82) is 0 Å². The maximum absolute atomic E-state index is 10.8. The third-order valence-electron chi connectivity index (χ3n) is 2.24. The minimum Gasteiger partial charge on any atom is -0.478 e. The van der Waals surface area contributed by atoms with E-state index in [1.165, 1.54) is 42.6 Å². The number of hydrogen-bond donors (Lipinski definition) is 1. The van der Waals surface area contributed by atoms with E-state index in [4.69, 9.17) is 9.52 Å². The standard InChI is InChI=1S/C12H8N2O5/c15-12(16)8-5-6-13-9(7-8)1-2-10-3-4-11(19-10)14(17)18/h1-7H,(H,15,16). The van der Waals surface area contributed by atoms with Gasteiger partial charge in [0.2, 0.25) is 0 Å². The van der Waals surface area contributed by atoms with Gasteiger partial charge >= 0.3 is 11.9 Å². The van der Waals surface area contributed by atoms with E-state index in [1.54, 1.807) is 0 Å². The second kappa shape index (κ2) is 5.13. The summed E-state index contributed by atoms with van der Waals surface area (Å²) in [4.78, 5) is 24.5. The maximum atomic E-state index is 10.8. The summed E-state index contributed by atoms with van der Waals surface area (Å²) in [7, 11) is 0. The summed E-state index contributed by atoms with van der Waals surface area (Å²) in [6.45, 7) is 0. The molecule has 0 atom stereocenters. The molecule has 0 aromatic carbocycles. The molecule has 7 nitrogen and oxygen atoms in total. The zero-order chi connectivity index (χ0) is 13.8. The van der Waals surface area contributed by atoms with Crippen molar-refractivity contribution in [2.24, 2.45) is 0 Å². The van der Waals surface area contributed by atoms with Gasteiger partial charge in [0.05, 0.1) is 17.3 Å². The quantitative estimate of drug-likeness (QED) is 0.668. The van der Waals surface area contributed by atoms with Gasteiger partial charge in [0.25, 0.3) is 0 Å². The van der Waals surface area contributed by atoms with Crippen molar-refractivity contribution in [3.05, 3.63) is 57.6 Å². The fourth-order valence-electron chi connectivity index (χ4n) is 1.37. The van der Waals surface area contributed by atoms with Crippen molar-refractivity contribution >= 4 is 24.0 Å². The molecule has 0 fully saturated rings. The zero-order valence-electron chi connectivity index (χ0n) is 9.52. The van der Waals surface area contributed by atoms with Crippen molar-refractivity contribution in [2.75, 3.05) is 0 Å². The molecule has 0 aliphatic heterocycles. The van der Waals surface area contributed by atoms with Crippen LogP contribution in [-0.2, 0) is 0 Å². The van der Waals surface area contributed by atoms with E-state index in [1.807, 2.05) is 0 Å². The Hall–Kier alpha value is -2.96. The van der Waals surface area contributed by atoms with Crippen molar-refractivity contribution in [2.45, 2.75) is 0 Å². The Kier molecular flexibility index (Phi) is 3.37. The lowest BCUT2D eigenvalue weighted by molar-refractivity contribution is -0.402. The van der Waals surface area contributed by atoms with E-state index in [0.29, 0.717) is 5.69 Å². The summed E-state index contributed by atoms with van der Waals surface area (Å²) in [5.41, 5.74) is 0.527. The average molecular weight is 260 g/mol. The summed E-state index contributed by atoms with van der Waals surface area (Å²) in [5.74, 6) is -1.12. The highest BCUT2D eigenvalue weighted by molar-refractivity contribution is 5.88. The van der Waals surface area contributed by atoms with Crippen molar-refractivity contribution in [3.8, 4) is 0 Å². The van der Waals surface area contributed by atoms with E-state index in [2.05, 4.69) is 4.98 Å². The van der Waals surface area contributed by atoms with Gasteiger partial charge in [-0.3, -0.25) is 15.1 Å². The number of pyridine rings is 1. The summed E-state index contributed by atoms with van der Waals surface area (Å²) in [6, 6.07) is 5.43. The Morgan fingerprint density at radius 2 is 2.16 bits per heavy atom. The summed E-state index contributed by atoms with van der Waals surface area (Å²) >= 11 is 0. The van der Waals surface area contributed by atoms with Crippen molar-refractivity contribution < 1.29 is 19.2 Å². The molecule has 96 valence electrons. The van der Waals surface area contributed by atoms with Crippen LogP contribution < -0.4 is 0 Å². The number of aromatic carboxylic acids is 1. The molecular weight excluding hydrogens is 252 g/mol. The van der Waals surface area contributed by atoms with Gasteiger partial charge in [-0.15, -0.1) is 0 Å². The zero-order valence-corrected chi connectivity index (χ0v) is 9.52. The average Bonchev–Trinajstić information content (AvgIpc) is 2.85. The van der Waals surface area contributed by atoms with Gasteiger partial charge in [-0.2, -0.15) is 0 Å². The number of nitro groups is 1. The highest BCUT2D eigenvalue weighted by atomic mass is 16.6. The van der Waals surface area contributed by atoms with Gasteiger partial charge in [0.1, 0.15) is 10.7 Å². The first-order valence-corrected chi connectivity index (χ1v) is 5.18. The number of carboxylic acids is 1. The SMILES string of the molecule is O=C(O)c1ccnc(C=Cc2ccc([N+](=O)[O-])o2)c1. The Morgan fingerprint density at radius 1 is 1.37 bits per heavy atom. The molecule has 2 aromatic heterocycles. The largest absolute Gasteiger partial charge is 0.478 e. The van der Waals surface area contributed by atoms with Gasteiger partial charge in [-0.1, -0.05) is 0 Å². The fourth-order valence-corrected chi connectivity index (χ4v) is 1.37. The molecule has 19 heavy (non-hydrogen) atoms. The summed E-state index contributed by atoms with van der Waals surface area (Å²) < 4.78 is 4.91. The molecule has 2 aromatic rings. The highest BCUT2D eigenvalue weighted by Crippen LogP contribution is 2.17. The molecule has 0 saturated heterocycles. The summed E-state index contributed by atoms with van der Waals surface area (Å²) in [5, 5.41) is 19.2.